The van der Waals surface area contributed by atoms with Crippen molar-refractivity contribution in [3.8, 4) is 0 Å². The molecule has 0 saturated carbocycles. The van der Waals surface area contributed by atoms with Crippen LogP contribution in [0.3, 0.4) is 0 Å². The average molecular weight is 306 g/mol. The van der Waals surface area contributed by atoms with Crippen molar-refractivity contribution in [3.05, 3.63) is 11.4 Å². The van der Waals surface area contributed by atoms with Crippen LogP contribution in [-0.2, 0) is 6.54 Å². The van der Waals surface area contributed by atoms with Crippen molar-refractivity contribution in [2.24, 2.45) is 0 Å². The van der Waals surface area contributed by atoms with E-state index < -0.39 is 18.6 Å². The highest BCUT2D eigenvalue weighted by Crippen LogP contribution is 2.28. The summed E-state index contributed by atoms with van der Waals surface area (Å²) in [4.78, 5) is 11.2. The number of hydrogen-bond acceptors (Lipinski definition) is 4. The van der Waals surface area contributed by atoms with Crippen LogP contribution in [0.4, 0.5) is 13.2 Å². The minimum Gasteiger partial charge on any atom is -0.476 e. The second-order valence-corrected chi connectivity index (χ2v) is 5.09. The first-order valence-corrected chi connectivity index (χ1v) is 6.82. The lowest BCUT2D eigenvalue weighted by Crippen LogP contribution is -2.29. The number of nitrogens with one attached hydrogen (secondary N) is 1. The Bertz CT molecular complexity index is 495. The van der Waals surface area contributed by atoms with Crippen LogP contribution < -0.4 is 5.32 Å². The van der Waals surface area contributed by atoms with Gasteiger partial charge < -0.3 is 10.4 Å². The van der Waals surface area contributed by atoms with Crippen LogP contribution in [0.1, 0.15) is 47.8 Å². The number of rotatable bonds is 5. The number of carboxylic acids is 1. The van der Waals surface area contributed by atoms with E-state index in [1.807, 2.05) is 0 Å². The second kappa shape index (κ2) is 6.42. The van der Waals surface area contributed by atoms with Gasteiger partial charge in [0.2, 0.25) is 0 Å². The molecular formula is C12H17F3N4O2. The summed E-state index contributed by atoms with van der Waals surface area (Å²) in [5.74, 6) is -1.22. The van der Waals surface area contributed by atoms with E-state index in [0.29, 0.717) is 5.69 Å². The first-order valence-electron chi connectivity index (χ1n) is 6.82. The summed E-state index contributed by atoms with van der Waals surface area (Å²) in [5, 5.41) is 19.7. The van der Waals surface area contributed by atoms with E-state index in [0.717, 1.165) is 25.9 Å². The summed E-state index contributed by atoms with van der Waals surface area (Å²) in [6.07, 6.45) is -3.81. The van der Waals surface area contributed by atoms with Crippen molar-refractivity contribution >= 4 is 5.97 Å². The van der Waals surface area contributed by atoms with Crippen molar-refractivity contribution in [2.75, 3.05) is 13.1 Å². The molecule has 9 heteroatoms. The molecule has 1 aromatic rings. The van der Waals surface area contributed by atoms with Crippen LogP contribution in [0.25, 0.3) is 0 Å². The summed E-state index contributed by atoms with van der Waals surface area (Å²) < 4.78 is 37.9. The number of piperidine rings is 1. The molecule has 118 valence electrons. The lowest BCUT2D eigenvalue weighted by Gasteiger charge is -2.23. The van der Waals surface area contributed by atoms with Gasteiger partial charge in [-0.1, -0.05) is 5.21 Å². The van der Waals surface area contributed by atoms with Crippen LogP contribution in [0.5, 0.6) is 0 Å². The molecule has 0 aromatic carbocycles. The molecule has 2 N–H and O–H groups in total. The Morgan fingerprint density at radius 2 is 2.05 bits per heavy atom. The van der Waals surface area contributed by atoms with Gasteiger partial charge in [-0.05, 0) is 32.4 Å². The Hall–Kier alpha value is -1.64. The third kappa shape index (κ3) is 4.16. The van der Waals surface area contributed by atoms with Gasteiger partial charge >= 0.3 is 12.1 Å². The van der Waals surface area contributed by atoms with Gasteiger partial charge in [0.15, 0.2) is 5.69 Å². The number of hydrogen-bond donors (Lipinski definition) is 2. The molecule has 2 rings (SSSR count). The zero-order valence-corrected chi connectivity index (χ0v) is 11.4. The van der Waals surface area contributed by atoms with Gasteiger partial charge in [-0.15, -0.1) is 5.10 Å². The lowest BCUT2D eigenvalue weighted by atomic mass is 9.93. The number of halogens is 3. The highest BCUT2D eigenvalue weighted by atomic mass is 19.4. The smallest absolute Gasteiger partial charge is 0.389 e. The first kappa shape index (κ1) is 15.7. The van der Waals surface area contributed by atoms with E-state index in [-0.39, 0.29) is 24.6 Å². The van der Waals surface area contributed by atoms with Crippen LogP contribution in [-0.4, -0.2) is 45.3 Å². The van der Waals surface area contributed by atoms with Gasteiger partial charge in [-0.3, -0.25) is 0 Å². The summed E-state index contributed by atoms with van der Waals surface area (Å²) in [5.41, 5.74) is 0.306. The van der Waals surface area contributed by atoms with Gasteiger partial charge in [-0.25, -0.2) is 9.48 Å². The molecule has 0 spiro atoms. The van der Waals surface area contributed by atoms with Crippen LogP contribution >= 0.6 is 0 Å². The molecule has 0 aliphatic carbocycles. The molecule has 0 unspecified atom stereocenters. The van der Waals surface area contributed by atoms with Crippen LogP contribution in [0.2, 0.25) is 0 Å². The highest BCUT2D eigenvalue weighted by molar-refractivity contribution is 5.86. The Morgan fingerprint density at radius 1 is 1.38 bits per heavy atom. The Labute approximate surface area is 119 Å². The maximum Gasteiger partial charge on any atom is 0.389 e. The van der Waals surface area contributed by atoms with E-state index in [2.05, 4.69) is 15.6 Å². The van der Waals surface area contributed by atoms with Crippen molar-refractivity contribution < 1.29 is 23.1 Å². The van der Waals surface area contributed by atoms with E-state index in [9.17, 15) is 18.0 Å². The quantitative estimate of drug-likeness (QED) is 0.867. The normalized spacial score (nSPS) is 17.1. The van der Waals surface area contributed by atoms with Crippen molar-refractivity contribution in [3.63, 3.8) is 0 Å². The van der Waals surface area contributed by atoms with Crippen molar-refractivity contribution in [2.45, 2.75) is 44.3 Å². The summed E-state index contributed by atoms with van der Waals surface area (Å²) in [6, 6.07) is 0. The fraction of sp³-hybridized carbons (Fsp3) is 0.750. The standard InChI is InChI=1S/C12H17F3N4O2/c13-12(14,15)4-1-7-19-10(8-2-5-16-6-3-8)9(11(20)21)17-18-19/h8,16H,1-7H2,(H,20,21). The molecule has 2 heterocycles. The van der Waals surface area contributed by atoms with Crippen LogP contribution in [0.15, 0.2) is 0 Å². The molecule has 0 amide bonds. The molecule has 1 aromatic heterocycles. The van der Waals surface area contributed by atoms with E-state index in [1.54, 1.807) is 0 Å². The van der Waals surface area contributed by atoms with E-state index >= 15 is 0 Å². The predicted molar refractivity (Wildman–Crippen MR) is 67.1 cm³/mol. The van der Waals surface area contributed by atoms with Gasteiger partial charge in [-0.2, -0.15) is 13.2 Å². The summed E-state index contributed by atoms with van der Waals surface area (Å²) in [6.45, 7) is 1.52. The second-order valence-electron chi connectivity index (χ2n) is 5.09. The SMILES string of the molecule is O=C(O)c1nnn(CCCC(F)(F)F)c1C1CCNCC1. The van der Waals surface area contributed by atoms with Gasteiger partial charge in [0.1, 0.15) is 0 Å². The molecule has 21 heavy (non-hydrogen) atoms. The largest absolute Gasteiger partial charge is 0.476 e. The number of alkyl halides is 3. The lowest BCUT2D eigenvalue weighted by molar-refractivity contribution is -0.136. The fourth-order valence-electron chi connectivity index (χ4n) is 2.57. The number of carboxylic acid groups (broad SMARTS) is 1. The first-order chi connectivity index (χ1) is 9.88. The number of aryl methyl sites for hydroxylation is 1. The molecule has 1 aliphatic rings. The van der Waals surface area contributed by atoms with Crippen LogP contribution in [0, 0.1) is 0 Å². The molecule has 1 saturated heterocycles. The zero-order chi connectivity index (χ0) is 15.5. The molecule has 0 radical (unpaired) electrons. The number of aromatic nitrogens is 3. The number of carbonyl (C=O) groups is 1. The monoisotopic (exact) mass is 306 g/mol. The van der Waals surface area contributed by atoms with E-state index in [1.165, 1.54) is 4.68 Å². The maximum absolute atomic E-state index is 12.2. The average Bonchev–Trinajstić information content (AvgIpc) is 2.82. The minimum absolute atomic E-state index is 0.0268. The Morgan fingerprint density at radius 3 is 2.62 bits per heavy atom. The predicted octanol–water partition coefficient (Wildman–Crippen LogP) is 1.79. The zero-order valence-electron chi connectivity index (χ0n) is 11.4. The molecule has 0 atom stereocenters. The molecule has 0 bridgehead atoms. The third-order valence-corrected chi connectivity index (χ3v) is 3.53. The Balaban J connectivity index is 2.14. The van der Waals surface area contributed by atoms with Crippen molar-refractivity contribution in [1.29, 1.82) is 0 Å². The topological polar surface area (TPSA) is 80.0 Å². The third-order valence-electron chi connectivity index (χ3n) is 3.53. The van der Waals surface area contributed by atoms with Gasteiger partial charge in [0.05, 0.1) is 5.69 Å². The Kier molecular flexibility index (Phi) is 4.81. The summed E-state index contributed by atoms with van der Waals surface area (Å²) >= 11 is 0. The number of aromatic carboxylic acids is 1. The van der Waals surface area contributed by atoms with Crippen molar-refractivity contribution in [1.82, 2.24) is 20.3 Å². The maximum atomic E-state index is 12.2. The molecule has 1 aliphatic heterocycles. The highest BCUT2D eigenvalue weighted by Gasteiger charge is 2.29. The van der Waals surface area contributed by atoms with E-state index in [4.69, 9.17) is 5.11 Å². The van der Waals surface area contributed by atoms with Gasteiger partial charge in [0.25, 0.3) is 0 Å². The molecular weight excluding hydrogens is 289 g/mol. The summed E-state index contributed by atoms with van der Waals surface area (Å²) in [7, 11) is 0. The minimum atomic E-state index is -4.22. The number of nitrogens with zero attached hydrogens (tertiary/aromatic N) is 3. The fourth-order valence-corrected chi connectivity index (χ4v) is 2.57. The van der Waals surface area contributed by atoms with Gasteiger partial charge in [0, 0.05) is 18.9 Å². The molecule has 6 nitrogen and oxygen atoms in total. The molecule has 1 fully saturated rings.